The summed E-state index contributed by atoms with van der Waals surface area (Å²) in [5, 5.41) is 11.9. The number of nitrogens with zero attached hydrogens (tertiary/aromatic N) is 2. The first kappa shape index (κ1) is 25.0. The molecule has 2 aromatic carbocycles. The SMILES string of the molecule is CCN1/C(=C/C=C(/C=C/c2sc3ccccc3[n+]2CC)CCCO)Sc2ccccc21.[I-]. The number of para-hydroxylation sites is 2. The fourth-order valence-electron chi connectivity index (χ4n) is 3.87. The summed E-state index contributed by atoms with van der Waals surface area (Å²) in [4.78, 5) is 3.67. The van der Waals surface area contributed by atoms with E-state index in [0.29, 0.717) is 0 Å². The van der Waals surface area contributed by atoms with Gasteiger partial charge in [0, 0.05) is 30.2 Å². The highest BCUT2D eigenvalue weighted by molar-refractivity contribution is 8.03. The summed E-state index contributed by atoms with van der Waals surface area (Å²) in [6.07, 6.45) is 10.5. The van der Waals surface area contributed by atoms with Gasteiger partial charge in [0.15, 0.2) is 0 Å². The van der Waals surface area contributed by atoms with Crippen molar-refractivity contribution >= 4 is 45.1 Å². The van der Waals surface area contributed by atoms with E-state index in [0.717, 1.165) is 25.9 Å². The summed E-state index contributed by atoms with van der Waals surface area (Å²) in [6, 6.07) is 17.1. The average Bonchev–Trinajstić information content (AvgIpc) is 3.35. The van der Waals surface area contributed by atoms with Crippen LogP contribution >= 0.6 is 23.1 Å². The normalized spacial score (nSPS) is 15.0. The van der Waals surface area contributed by atoms with E-state index in [9.17, 15) is 5.11 Å². The van der Waals surface area contributed by atoms with E-state index in [2.05, 4.69) is 96.1 Å². The maximum absolute atomic E-state index is 9.37. The van der Waals surface area contributed by atoms with Crippen molar-refractivity contribution in [2.45, 2.75) is 38.1 Å². The van der Waals surface area contributed by atoms with Gasteiger partial charge in [0.25, 0.3) is 5.01 Å². The first-order valence-electron chi connectivity index (χ1n) is 10.9. The summed E-state index contributed by atoms with van der Waals surface area (Å²) < 4.78 is 3.67. The number of rotatable bonds is 8. The van der Waals surface area contributed by atoms with Gasteiger partial charge in [0.1, 0.15) is 11.2 Å². The molecule has 0 aliphatic carbocycles. The van der Waals surface area contributed by atoms with E-state index in [4.69, 9.17) is 0 Å². The van der Waals surface area contributed by atoms with Gasteiger partial charge >= 0.3 is 0 Å². The summed E-state index contributed by atoms with van der Waals surface area (Å²) in [5.41, 5.74) is 3.81. The summed E-state index contributed by atoms with van der Waals surface area (Å²) in [6.45, 7) is 6.49. The van der Waals surface area contributed by atoms with Crippen LogP contribution in [0.5, 0.6) is 0 Å². The van der Waals surface area contributed by atoms with E-state index in [1.54, 1.807) is 0 Å². The van der Waals surface area contributed by atoms with Crippen molar-refractivity contribution in [3.63, 3.8) is 0 Å². The molecule has 3 nitrogen and oxygen atoms in total. The van der Waals surface area contributed by atoms with Crippen LogP contribution in [0.25, 0.3) is 16.3 Å². The molecule has 6 heteroatoms. The van der Waals surface area contributed by atoms with Crippen LogP contribution in [-0.2, 0) is 6.54 Å². The largest absolute Gasteiger partial charge is 1.00 e. The Morgan fingerprint density at radius 1 is 1.09 bits per heavy atom. The van der Waals surface area contributed by atoms with Crippen molar-refractivity contribution in [3.05, 3.63) is 82.4 Å². The Hall–Kier alpha value is -1.61. The predicted molar refractivity (Wildman–Crippen MR) is 135 cm³/mol. The Kier molecular flexibility index (Phi) is 9.40. The number of anilines is 1. The monoisotopic (exact) mass is 576 g/mol. The molecule has 1 aliphatic heterocycles. The zero-order chi connectivity index (χ0) is 21.6. The van der Waals surface area contributed by atoms with Gasteiger partial charge in [-0.1, -0.05) is 59.5 Å². The van der Waals surface area contributed by atoms with Crippen molar-refractivity contribution < 1.29 is 33.7 Å². The van der Waals surface area contributed by atoms with Gasteiger partial charge < -0.3 is 34.0 Å². The predicted octanol–water partition coefficient (Wildman–Crippen LogP) is 3.40. The Balaban J connectivity index is 0.00000289. The molecule has 0 spiro atoms. The van der Waals surface area contributed by atoms with Gasteiger partial charge in [-0.05, 0) is 56.5 Å². The summed E-state index contributed by atoms with van der Waals surface area (Å²) in [7, 11) is 0. The molecule has 168 valence electrons. The van der Waals surface area contributed by atoms with Crippen LogP contribution in [0.4, 0.5) is 5.69 Å². The molecule has 1 N–H and O–H groups in total. The molecule has 0 unspecified atom stereocenters. The number of aryl methyl sites for hydroxylation is 1. The highest BCUT2D eigenvalue weighted by Gasteiger charge is 2.22. The first-order valence-corrected chi connectivity index (χ1v) is 12.5. The minimum Gasteiger partial charge on any atom is -1.00 e. The van der Waals surface area contributed by atoms with Crippen molar-refractivity contribution in [1.29, 1.82) is 0 Å². The van der Waals surface area contributed by atoms with Crippen molar-refractivity contribution in [1.82, 2.24) is 0 Å². The number of thioether (sulfide) groups is 1. The third kappa shape index (κ3) is 5.47. The molecule has 2 heterocycles. The molecule has 0 bridgehead atoms. The smallest absolute Gasteiger partial charge is 0.262 e. The molecule has 0 radical (unpaired) electrons. The molecule has 0 fully saturated rings. The van der Waals surface area contributed by atoms with Crippen LogP contribution in [0.1, 0.15) is 31.7 Å². The molecule has 1 aliphatic rings. The van der Waals surface area contributed by atoms with Crippen LogP contribution < -0.4 is 33.4 Å². The number of allylic oxidation sites excluding steroid dienone is 4. The molecule has 4 rings (SSSR count). The van der Waals surface area contributed by atoms with Crippen molar-refractivity contribution in [2.24, 2.45) is 0 Å². The third-order valence-electron chi connectivity index (χ3n) is 5.41. The van der Waals surface area contributed by atoms with Crippen molar-refractivity contribution in [3.8, 4) is 0 Å². The number of halogens is 1. The van der Waals surface area contributed by atoms with E-state index >= 15 is 0 Å². The Bertz CT molecular complexity index is 1150. The second-order valence-corrected chi connectivity index (χ2v) is 9.50. The maximum Gasteiger partial charge on any atom is 0.262 e. The molecule has 0 saturated heterocycles. The minimum absolute atomic E-state index is 0. The van der Waals surface area contributed by atoms with E-state index < -0.39 is 0 Å². The fourth-order valence-corrected chi connectivity index (χ4v) is 6.13. The van der Waals surface area contributed by atoms with Gasteiger partial charge in [0.2, 0.25) is 5.52 Å². The number of aliphatic hydroxyl groups excluding tert-OH is 1. The van der Waals surface area contributed by atoms with Crippen LogP contribution in [-0.4, -0.2) is 18.3 Å². The van der Waals surface area contributed by atoms with E-state index in [1.165, 1.54) is 36.4 Å². The lowest BCUT2D eigenvalue weighted by atomic mass is 10.1. The van der Waals surface area contributed by atoms with Crippen LogP contribution in [0.2, 0.25) is 0 Å². The van der Waals surface area contributed by atoms with Gasteiger partial charge in [-0.15, -0.1) is 0 Å². The molecule has 0 atom stereocenters. The molecule has 0 amide bonds. The molecular weight excluding hydrogens is 547 g/mol. The number of thiazole rings is 1. The van der Waals surface area contributed by atoms with Gasteiger partial charge in [-0.3, -0.25) is 0 Å². The van der Waals surface area contributed by atoms with Crippen LogP contribution in [0.15, 0.2) is 82.3 Å². The topological polar surface area (TPSA) is 27.4 Å². The quantitative estimate of drug-likeness (QED) is 0.253. The zero-order valence-electron chi connectivity index (χ0n) is 18.5. The molecular formula is C26H29IN2OS2. The Labute approximate surface area is 216 Å². The van der Waals surface area contributed by atoms with E-state index in [1.807, 2.05) is 23.1 Å². The maximum atomic E-state index is 9.37. The molecule has 1 aromatic heterocycles. The lowest BCUT2D eigenvalue weighted by Crippen LogP contribution is -3.00. The van der Waals surface area contributed by atoms with E-state index in [-0.39, 0.29) is 30.6 Å². The summed E-state index contributed by atoms with van der Waals surface area (Å²) in [5.74, 6) is 0. The number of benzene rings is 2. The Morgan fingerprint density at radius 3 is 2.66 bits per heavy atom. The standard InChI is InChI=1S/C26H29N2OS2.HI/c1-3-27-21-11-5-7-13-23(21)30-25(27)17-15-20(10-9-19-29)16-18-26-28(4-2)22-12-6-8-14-24(22)31-26;/h5-8,11-18,29H,3-4,9-10,19H2,1-2H3;1H/q+1;/p-1. The van der Waals surface area contributed by atoms with Crippen LogP contribution in [0, 0.1) is 0 Å². The number of aliphatic hydroxyl groups is 1. The minimum atomic E-state index is 0. The third-order valence-corrected chi connectivity index (χ3v) is 7.67. The summed E-state index contributed by atoms with van der Waals surface area (Å²) >= 11 is 3.65. The fraction of sp³-hybridized carbons (Fsp3) is 0.269. The second kappa shape index (κ2) is 12.0. The van der Waals surface area contributed by atoms with Gasteiger partial charge in [-0.25, -0.2) is 0 Å². The van der Waals surface area contributed by atoms with Crippen molar-refractivity contribution in [2.75, 3.05) is 18.1 Å². The van der Waals surface area contributed by atoms with Crippen LogP contribution in [0.3, 0.4) is 0 Å². The lowest BCUT2D eigenvalue weighted by molar-refractivity contribution is -0.665. The highest BCUT2D eigenvalue weighted by atomic mass is 127. The number of hydrogen-bond acceptors (Lipinski definition) is 4. The lowest BCUT2D eigenvalue weighted by Gasteiger charge is -2.17. The second-order valence-electron chi connectivity index (χ2n) is 7.37. The molecule has 0 saturated carbocycles. The average molecular weight is 577 g/mol. The zero-order valence-corrected chi connectivity index (χ0v) is 22.3. The number of fused-ring (bicyclic) bond motifs is 2. The number of aromatic nitrogens is 1. The van der Waals surface area contributed by atoms with Gasteiger partial charge in [0.05, 0.1) is 10.7 Å². The number of hydrogen-bond donors (Lipinski definition) is 1. The first-order chi connectivity index (χ1) is 15.2. The molecule has 32 heavy (non-hydrogen) atoms. The van der Waals surface area contributed by atoms with Gasteiger partial charge in [-0.2, -0.15) is 4.57 Å². The highest BCUT2D eigenvalue weighted by Crippen LogP contribution is 2.45. The molecule has 3 aromatic rings. The Morgan fingerprint density at radius 2 is 1.88 bits per heavy atom.